The van der Waals surface area contributed by atoms with E-state index in [-0.39, 0.29) is 23.8 Å². The third-order valence-corrected chi connectivity index (χ3v) is 3.96. The average molecular weight is 346 g/mol. The number of nitrogens with two attached hydrogens (primary N) is 1. The van der Waals surface area contributed by atoms with E-state index in [0.29, 0.717) is 21.5 Å². The van der Waals surface area contributed by atoms with Crippen LogP contribution >= 0.6 is 11.6 Å². The number of carbonyl (C=O) groups excluding carboxylic acids is 2. The van der Waals surface area contributed by atoms with Crippen LogP contribution in [0.2, 0.25) is 5.02 Å². The van der Waals surface area contributed by atoms with Crippen molar-refractivity contribution in [3.05, 3.63) is 52.9 Å². The zero-order chi connectivity index (χ0) is 17.4. The monoisotopic (exact) mass is 345 g/mol. The Morgan fingerprint density at radius 2 is 2.04 bits per heavy atom. The molecule has 0 atom stereocenters. The highest BCUT2D eigenvalue weighted by Gasteiger charge is 2.27. The summed E-state index contributed by atoms with van der Waals surface area (Å²) in [6.07, 6.45) is 2.75. The normalized spacial score (nSPS) is 11.0. The second kappa shape index (κ2) is 6.05. The molecule has 0 bridgehead atoms. The quantitative estimate of drug-likeness (QED) is 0.737. The minimum Gasteiger partial charge on any atom is -0.449 e. The maximum atomic E-state index is 12.9. The molecule has 0 spiro atoms. The van der Waals surface area contributed by atoms with Crippen LogP contribution in [-0.2, 0) is 11.8 Å². The van der Waals surface area contributed by atoms with Crippen LogP contribution in [0.3, 0.4) is 0 Å². The fraction of sp³-hybridized carbons (Fsp3) is 0.176. The van der Waals surface area contributed by atoms with Crippen molar-refractivity contribution in [3.63, 3.8) is 0 Å². The van der Waals surface area contributed by atoms with Gasteiger partial charge < -0.3 is 15.0 Å². The summed E-state index contributed by atoms with van der Waals surface area (Å²) in [4.78, 5) is 25.3. The highest BCUT2D eigenvalue weighted by molar-refractivity contribution is 6.31. The van der Waals surface area contributed by atoms with Crippen molar-refractivity contribution in [1.82, 2.24) is 9.13 Å². The second-order valence-corrected chi connectivity index (χ2v) is 5.79. The molecule has 0 saturated carbocycles. The van der Waals surface area contributed by atoms with Gasteiger partial charge in [-0.05, 0) is 31.2 Å². The lowest BCUT2D eigenvalue weighted by Crippen LogP contribution is -2.20. The van der Waals surface area contributed by atoms with Crippen LogP contribution in [0, 0.1) is 0 Å². The number of anilines is 1. The molecule has 0 aliphatic rings. The molecule has 0 fully saturated rings. The van der Waals surface area contributed by atoms with Crippen molar-refractivity contribution in [1.29, 1.82) is 0 Å². The Balaban J connectivity index is 2.29. The molecule has 0 radical (unpaired) electrons. The van der Waals surface area contributed by atoms with Crippen LogP contribution in [0.25, 0.3) is 10.9 Å². The predicted molar refractivity (Wildman–Crippen MR) is 92.6 cm³/mol. The molecular weight excluding hydrogens is 330 g/mol. The Morgan fingerprint density at radius 3 is 2.67 bits per heavy atom. The van der Waals surface area contributed by atoms with E-state index in [1.54, 1.807) is 55.2 Å². The van der Waals surface area contributed by atoms with Gasteiger partial charge in [-0.2, -0.15) is 0 Å². The SMILES string of the molecule is CCOC(=O)n1c(C(=O)c2ccn(C)c2)c(N)c2ccc(Cl)cc21. The topological polar surface area (TPSA) is 79.2 Å². The predicted octanol–water partition coefficient (Wildman–Crippen LogP) is 3.45. The molecule has 7 heteroatoms. The average Bonchev–Trinajstić information content (AvgIpc) is 3.08. The first-order valence-electron chi connectivity index (χ1n) is 7.37. The molecule has 0 aliphatic carbocycles. The van der Waals surface area contributed by atoms with Crippen LogP contribution in [0.15, 0.2) is 36.7 Å². The number of ketones is 1. The van der Waals surface area contributed by atoms with E-state index in [4.69, 9.17) is 22.1 Å². The van der Waals surface area contributed by atoms with E-state index in [0.717, 1.165) is 0 Å². The molecule has 124 valence electrons. The molecule has 2 aromatic heterocycles. The molecule has 0 unspecified atom stereocenters. The smallest absolute Gasteiger partial charge is 0.419 e. The number of nitrogens with zero attached hydrogens (tertiary/aromatic N) is 2. The maximum absolute atomic E-state index is 12.9. The lowest BCUT2D eigenvalue weighted by atomic mass is 10.1. The van der Waals surface area contributed by atoms with E-state index in [1.165, 1.54) is 4.57 Å². The summed E-state index contributed by atoms with van der Waals surface area (Å²) < 4.78 is 8.03. The number of hydrogen-bond donors (Lipinski definition) is 1. The summed E-state index contributed by atoms with van der Waals surface area (Å²) in [5, 5.41) is 1.01. The number of carbonyl (C=O) groups is 2. The molecular formula is C17H16ClN3O3. The number of fused-ring (bicyclic) bond motifs is 1. The molecule has 0 amide bonds. The highest BCUT2D eigenvalue weighted by Crippen LogP contribution is 2.32. The van der Waals surface area contributed by atoms with Gasteiger partial charge in [0.15, 0.2) is 0 Å². The van der Waals surface area contributed by atoms with Crippen LogP contribution in [-0.4, -0.2) is 27.6 Å². The molecule has 24 heavy (non-hydrogen) atoms. The van der Waals surface area contributed by atoms with Crippen LogP contribution < -0.4 is 5.73 Å². The summed E-state index contributed by atoms with van der Waals surface area (Å²) in [6, 6.07) is 6.60. The van der Waals surface area contributed by atoms with Gasteiger partial charge in [0, 0.05) is 35.4 Å². The van der Waals surface area contributed by atoms with Gasteiger partial charge in [0.2, 0.25) is 5.78 Å². The number of rotatable bonds is 3. The van der Waals surface area contributed by atoms with Gasteiger partial charge in [-0.25, -0.2) is 9.36 Å². The van der Waals surface area contributed by atoms with Crippen molar-refractivity contribution in [2.45, 2.75) is 6.92 Å². The van der Waals surface area contributed by atoms with E-state index < -0.39 is 6.09 Å². The molecule has 3 aromatic rings. The van der Waals surface area contributed by atoms with Crippen LogP contribution in [0.4, 0.5) is 10.5 Å². The number of nitrogen functional groups attached to an aromatic ring is 1. The van der Waals surface area contributed by atoms with Gasteiger partial charge in [0.25, 0.3) is 0 Å². The minimum absolute atomic E-state index is 0.0805. The summed E-state index contributed by atoms with van der Waals surface area (Å²) in [5.74, 6) is -0.353. The van der Waals surface area contributed by atoms with E-state index >= 15 is 0 Å². The Kier molecular flexibility index (Phi) is 4.07. The van der Waals surface area contributed by atoms with Crippen LogP contribution in [0.1, 0.15) is 23.0 Å². The molecule has 2 heterocycles. The minimum atomic E-state index is -0.666. The maximum Gasteiger partial charge on any atom is 0.419 e. The first-order chi connectivity index (χ1) is 11.4. The lowest BCUT2D eigenvalue weighted by molar-refractivity contribution is 0.102. The van der Waals surface area contributed by atoms with E-state index in [2.05, 4.69) is 0 Å². The fourth-order valence-corrected chi connectivity index (χ4v) is 2.83. The van der Waals surface area contributed by atoms with Gasteiger partial charge in [0.05, 0.1) is 17.8 Å². The van der Waals surface area contributed by atoms with Gasteiger partial charge >= 0.3 is 6.09 Å². The van der Waals surface area contributed by atoms with Crippen molar-refractivity contribution >= 4 is 40.1 Å². The Hall–Kier alpha value is -2.73. The van der Waals surface area contributed by atoms with Gasteiger partial charge in [0.1, 0.15) is 5.69 Å². The summed E-state index contributed by atoms with van der Waals surface area (Å²) in [5.41, 5.74) is 7.35. The molecule has 0 saturated heterocycles. The molecule has 2 N–H and O–H groups in total. The van der Waals surface area contributed by atoms with Gasteiger partial charge in [-0.3, -0.25) is 4.79 Å². The number of halogens is 1. The highest BCUT2D eigenvalue weighted by atomic mass is 35.5. The summed E-state index contributed by atoms with van der Waals surface area (Å²) in [7, 11) is 1.81. The van der Waals surface area contributed by atoms with Crippen molar-refractivity contribution in [2.24, 2.45) is 7.05 Å². The van der Waals surface area contributed by atoms with Crippen molar-refractivity contribution in [3.8, 4) is 0 Å². The lowest BCUT2D eigenvalue weighted by Gasteiger charge is -2.08. The van der Waals surface area contributed by atoms with Crippen molar-refractivity contribution < 1.29 is 14.3 Å². The number of aryl methyl sites for hydroxylation is 1. The standard InChI is InChI=1S/C17H16ClN3O3/c1-3-24-17(23)21-13-8-11(18)4-5-12(13)14(19)15(21)16(22)10-6-7-20(2)9-10/h4-9H,3,19H2,1-2H3. The van der Waals surface area contributed by atoms with Crippen molar-refractivity contribution in [2.75, 3.05) is 12.3 Å². The molecule has 1 aromatic carbocycles. The third kappa shape index (κ3) is 2.55. The molecule has 3 rings (SSSR count). The number of hydrogen-bond acceptors (Lipinski definition) is 4. The van der Waals surface area contributed by atoms with E-state index in [9.17, 15) is 9.59 Å². The Morgan fingerprint density at radius 1 is 1.29 bits per heavy atom. The molecule has 0 aliphatic heterocycles. The first kappa shape index (κ1) is 16.1. The largest absolute Gasteiger partial charge is 0.449 e. The Labute approximate surface area is 143 Å². The Bertz CT molecular complexity index is 956. The first-order valence-corrected chi connectivity index (χ1v) is 7.75. The fourth-order valence-electron chi connectivity index (χ4n) is 2.66. The summed E-state index contributed by atoms with van der Waals surface area (Å²) >= 11 is 6.04. The summed E-state index contributed by atoms with van der Waals surface area (Å²) in [6.45, 7) is 1.87. The second-order valence-electron chi connectivity index (χ2n) is 5.35. The third-order valence-electron chi connectivity index (χ3n) is 3.73. The van der Waals surface area contributed by atoms with Gasteiger partial charge in [-0.1, -0.05) is 11.6 Å². The molecule has 6 nitrogen and oxygen atoms in total. The zero-order valence-electron chi connectivity index (χ0n) is 13.2. The number of aromatic nitrogens is 2. The van der Waals surface area contributed by atoms with E-state index in [1.807, 2.05) is 0 Å². The van der Waals surface area contributed by atoms with Gasteiger partial charge in [-0.15, -0.1) is 0 Å². The zero-order valence-corrected chi connectivity index (χ0v) is 14.0. The number of ether oxygens (including phenoxy) is 1. The van der Waals surface area contributed by atoms with Crippen LogP contribution in [0.5, 0.6) is 0 Å². The number of benzene rings is 1.